The predicted molar refractivity (Wildman–Crippen MR) is 59.7 cm³/mol. The summed E-state index contributed by atoms with van der Waals surface area (Å²) in [5.74, 6) is -0.111. The Morgan fingerprint density at radius 3 is 2.65 bits per heavy atom. The smallest absolute Gasteiger partial charge is 0.335 e. The van der Waals surface area contributed by atoms with E-state index in [2.05, 4.69) is 15.5 Å². The molecule has 1 aromatic heterocycles. The maximum absolute atomic E-state index is 10.7. The largest absolute Gasteiger partial charge is 0.478 e. The van der Waals surface area contributed by atoms with Gasteiger partial charge in [-0.25, -0.2) is 9.48 Å². The summed E-state index contributed by atoms with van der Waals surface area (Å²) in [7, 11) is 0. The van der Waals surface area contributed by atoms with Gasteiger partial charge < -0.3 is 5.11 Å². The summed E-state index contributed by atoms with van der Waals surface area (Å²) >= 11 is 0. The number of nitrogens with zero attached hydrogens (tertiary/aromatic N) is 4. The van der Waals surface area contributed by atoms with Gasteiger partial charge in [-0.2, -0.15) is 0 Å². The van der Waals surface area contributed by atoms with Crippen LogP contribution in [0.25, 0.3) is 0 Å². The molecule has 6 heteroatoms. The number of aryl methyl sites for hydroxylation is 1. The summed E-state index contributed by atoms with van der Waals surface area (Å²) in [6, 6.07) is 6.69. The number of hydrogen-bond donors (Lipinski definition) is 1. The van der Waals surface area contributed by atoms with Gasteiger partial charge >= 0.3 is 5.97 Å². The van der Waals surface area contributed by atoms with Gasteiger partial charge in [0.25, 0.3) is 0 Å². The van der Waals surface area contributed by atoms with Gasteiger partial charge in [-0.3, -0.25) is 0 Å². The monoisotopic (exact) mass is 232 g/mol. The molecule has 1 heterocycles. The highest BCUT2D eigenvalue weighted by molar-refractivity contribution is 5.87. The van der Waals surface area contributed by atoms with Crippen molar-refractivity contribution in [2.45, 2.75) is 19.9 Å². The SMILES string of the molecule is CCc1nnnn1Cc1ccc(C(=O)O)cc1. The third kappa shape index (κ3) is 2.47. The van der Waals surface area contributed by atoms with Crippen molar-refractivity contribution in [3.63, 3.8) is 0 Å². The molecule has 88 valence electrons. The molecule has 0 amide bonds. The van der Waals surface area contributed by atoms with Crippen LogP contribution in [0.1, 0.15) is 28.7 Å². The molecule has 0 aliphatic rings. The minimum absolute atomic E-state index is 0.279. The fourth-order valence-electron chi connectivity index (χ4n) is 1.52. The molecule has 0 saturated heterocycles. The second-order valence-electron chi connectivity index (χ2n) is 3.61. The Balaban J connectivity index is 2.16. The number of benzene rings is 1. The highest BCUT2D eigenvalue weighted by Gasteiger charge is 2.05. The van der Waals surface area contributed by atoms with Gasteiger partial charge in [0.1, 0.15) is 0 Å². The zero-order valence-corrected chi connectivity index (χ0v) is 9.37. The number of tetrazole rings is 1. The van der Waals surface area contributed by atoms with Gasteiger partial charge in [0, 0.05) is 6.42 Å². The molecule has 17 heavy (non-hydrogen) atoms. The van der Waals surface area contributed by atoms with Gasteiger partial charge in [-0.05, 0) is 28.1 Å². The minimum atomic E-state index is -0.923. The molecule has 1 aromatic carbocycles. The number of carboxylic acid groups (broad SMARTS) is 1. The van der Waals surface area contributed by atoms with Crippen LogP contribution in [0.15, 0.2) is 24.3 Å². The van der Waals surface area contributed by atoms with E-state index in [1.807, 2.05) is 6.92 Å². The van der Waals surface area contributed by atoms with Crippen molar-refractivity contribution < 1.29 is 9.90 Å². The van der Waals surface area contributed by atoms with E-state index in [1.165, 1.54) is 0 Å². The van der Waals surface area contributed by atoms with E-state index in [4.69, 9.17) is 5.11 Å². The van der Waals surface area contributed by atoms with E-state index in [-0.39, 0.29) is 5.56 Å². The van der Waals surface area contributed by atoms with Crippen molar-refractivity contribution in [2.24, 2.45) is 0 Å². The number of aromatic nitrogens is 4. The zero-order valence-electron chi connectivity index (χ0n) is 9.37. The van der Waals surface area contributed by atoms with Gasteiger partial charge in [0.2, 0.25) is 0 Å². The Kier molecular flexibility index (Phi) is 3.13. The van der Waals surface area contributed by atoms with Crippen molar-refractivity contribution in [2.75, 3.05) is 0 Å². The predicted octanol–water partition coefficient (Wildman–Crippen LogP) is 0.982. The lowest BCUT2D eigenvalue weighted by Crippen LogP contribution is -2.06. The maximum atomic E-state index is 10.7. The topological polar surface area (TPSA) is 80.9 Å². The van der Waals surface area contributed by atoms with Crippen LogP contribution in [0.5, 0.6) is 0 Å². The zero-order chi connectivity index (χ0) is 12.3. The van der Waals surface area contributed by atoms with Crippen LogP contribution in [0.2, 0.25) is 0 Å². The van der Waals surface area contributed by atoms with Crippen molar-refractivity contribution in [1.29, 1.82) is 0 Å². The molecule has 1 N–H and O–H groups in total. The lowest BCUT2D eigenvalue weighted by Gasteiger charge is -2.03. The first-order chi connectivity index (χ1) is 8.20. The van der Waals surface area contributed by atoms with E-state index in [1.54, 1.807) is 28.9 Å². The molecule has 2 aromatic rings. The standard InChI is InChI=1S/C11H12N4O2/c1-2-10-12-13-14-15(10)7-8-3-5-9(6-4-8)11(16)17/h3-6H,2,7H2,1H3,(H,16,17). The van der Waals surface area contributed by atoms with Crippen molar-refractivity contribution in [3.8, 4) is 0 Å². The van der Waals surface area contributed by atoms with Crippen LogP contribution in [0, 0.1) is 0 Å². The molecule has 6 nitrogen and oxygen atoms in total. The Bertz CT molecular complexity index is 519. The van der Waals surface area contributed by atoms with Gasteiger partial charge in [-0.1, -0.05) is 19.1 Å². The molecule has 0 atom stereocenters. The average Bonchev–Trinajstić information content (AvgIpc) is 2.77. The Morgan fingerprint density at radius 1 is 1.35 bits per heavy atom. The molecular formula is C11H12N4O2. The van der Waals surface area contributed by atoms with E-state index < -0.39 is 5.97 Å². The first kappa shape index (κ1) is 11.3. The number of aromatic carboxylic acids is 1. The van der Waals surface area contributed by atoms with Crippen LogP contribution in [0.3, 0.4) is 0 Å². The molecule has 0 aliphatic heterocycles. The van der Waals surface area contributed by atoms with Crippen LogP contribution in [-0.2, 0) is 13.0 Å². The highest BCUT2D eigenvalue weighted by Crippen LogP contribution is 2.07. The Labute approximate surface area is 97.9 Å². The molecule has 0 spiro atoms. The summed E-state index contributed by atoms with van der Waals surface area (Å²) < 4.78 is 1.70. The van der Waals surface area contributed by atoms with Crippen molar-refractivity contribution in [1.82, 2.24) is 20.2 Å². The van der Waals surface area contributed by atoms with Gasteiger partial charge in [0.15, 0.2) is 5.82 Å². The lowest BCUT2D eigenvalue weighted by molar-refractivity contribution is 0.0697. The van der Waals surface area contributed by atoms with Crippen LogP contribution < -0.4 is 0 Å². The third-order valence-corrected chi connectivity index (χ3v) is 2.46. The fraction of sp³-hybridized carbons (Fsp3) is 0.273. The van der Waals surface area contributed by atoms with Gasteiger partial charge in [0.05, 0.1) is 12.1 Å². The molecule has 0 aliphatic carbocycles. The Morgan fingerprint density at radius 2 is 2.06 bits per heavy atom. The summed E-state index contributed by atoms with van der Waals surface area (Å²) in [5, 5.41) is 20.1. The molecular weight excluding hydrogens is 220 g/mol. The summed E-state index contributed by atoms with van der Waals surface area (Å²) in [6.07, 6.45) is 0.764. The minimum Gasteiger partial charge on any atom is -0.478 e. The van der Waals surface area contributed by atoms with Crippen LogP contribution in [-0.4, -0.2) is 31.3 Å². The molecule has 0 bridgehead atoms. The quantitative estimate of drug-likeness (QED) is 0.849. The number of carbonyl (C=O) groups is 1. The fourth-order valence-corrected chi connectivity index (χ4v) is 1.52. The summed E-state index contributed by atoms with van der Waals surface area (Å²) in [4.78, 5) is 10.7. The normalized spacial score (nSPS) is 10.4. The molecule has 2 rings (SSSR count). The molecule has 0 radical (unpaired) electrons. The van der Waals surface area contributed by atoms with E-state index in [9.17, 15) is 4.79 Å². The molecule has 0 unspecified atom stereocenters. The van der Waals surface area contributed by atoms with E-state index in [0.717, 1.165) is 17.8 Å². The summed E-state index contributed by atoms with van der Waals surface area (Å²) in [5.41, 5.74) is 1.25. The van der Waals surface area contributed by atoms with Crippen LogP contribution >= 0.6 is 0 Å². The first-order valence-electron chi connectivity index (χ1n) is 5.28. The summed E-state index contributed by atoms with van der Waals surface area (Å²) in [6.45, 7) is 2.53. The Hall–Kier alpha value is -2.24. The average molecular weight is 232 g/mol. The number of hydrogen-bond acceptors (Lipinski definition) is 4. The third-order valence-electron chi connectivity index (χ3n) is 2.46. The molecule has 0 saturated carbocycles. The maximum Gasteiger partial charge on any atom is 0.335 e. The van der Waals surface area contributed by atoms with E-state index >= 15 is 0 Å². The number of carboxylic acids is 1. The van der Waals surface area contributed by atoms with Crippen molar-refractivity contribution >= 4 is 5.97 Å². The second kappa shape index (κ2) is 4.73. The van der Waals surface area contributed by atoms with Gasteiger partial charge in [-0.15, -0.1) is 5.10 Å². The molecule has 0 fully saturated rings. The highest BCUT2D eigenvalue weighted by atomic mass is 16.4. The van der Waals surface area contributed by atoms with Crippen molar-refractivity contribution in [3.05, 3.63) is 41.2 Å². The lowest BCUT2D eigenvalue weighted by atomic mass is 10.1. The van der Waals surface area contributed by atoms with E-state index in [0.29, 0.717) is 6.54 Å². The first-order valence-corrected chi connectivity index (χ1v) is 5.28. The second-order valence-corrected chi connectivity index (χ2v) is 3.61. The van der Waals surface area contributed by atoms with Crippen LogP contribution in [0.4, 0.5) is 0 Å². The number of rotatable bonds is 4.